The van der Waals surface area contributed by atoms with Crippen molar-refractivity contribution < 1.29 is 46.0 Å². The fraction of sp³-hybridized carbons (Fsp3) is 0.111. The van der Waals surface area contributed by atoms with Gasteiger partial charge in [0, 0.05) is 0 Å². The maximum absolute atomic E-state index is 11.0. The molecule has 0 saturated heterocycles. The second kappa shape index (κ2) is 7.10. The van der Waals surface area contributed by atoms with Gasteiger partial charge in [-0.05, 0) is 5.56 Å². The third-order valence-corrected chi connectivity index (χ3v) is 1.42. The van der Waals surface area contributed by atoms with Crippen LogP contribution in [0, 0.1) is 6.92 Å². The summed E-state index contributed by atoms with van der Waals surface area (Å²) >= 11 is 0. The van der Waals surface area contributed by atoms with Crippen LogP contribution in [0.15, 0.2) is 24.3 Å². The Hall–Kier alpha value is -0.337. The molecule has 4 heteroatoms. The maximum Gasteiger partial charge on any atom is 2.00 e. The van der Waals surface area contributed by atoms with Crippen LogP contribution in [-0.4, -0.2) is 13.1 Å². The Morgan fingerprint density at radius 1 is 1.38 bits per heavy atom. The predicted molar refractivity (Wildman–Crippen MR) is 42.2 cm³/mol. The molecule has 0 aliphatic carbocycles. The Morgan fingerprint density at radius 2 is 1.92 bits per heavy atom. The van der Waals surface area contributed by atoms with Crippen LogP contribution in [0.5, 0.6) is 0 Å². The van der Waals surface area contributed by atoms with Crippen molar-refractivity contribution in [3.05, 3.63) is 42.3 Å². The SMILES string of the molecule is [Br-].[CH2-]c1ccccc1C(=O)OC.[Zn+2]. The number of benzene rings is 1. The number of ether oxygens (including phenoxy) is 1. The average molecular weight is 294 g/mol. The van der Waals surface area contributed by atoms with Gasteiger partial charge in [-0.1, -0.05) is 6.07 Å². The molecule has 0 saturated carbocycles. The van der Waals surface area contributed by atoms with Crippen LogP contribution in [-0.2, 0) is 24.2 Å². The van der Waals surface area contributed by atoms with Crippen molar-refractivity contribution in [1.82, 2.24) is 0 Å². The summed E-state index contributed by atoms with van der Waals surface area (Å²) in [5, 5.41) is 0. The Balaban J connectivity index is 0. The van der Waals surface area contributed by atoms with E-state index in [-0.39, 0.29) is 42.4 Å². The molecule has 0 heterocycles. The molecule has 0 aliphatic heterocycles. The molecule has 0 aliphatic rings. The quantitative estimate of drug-likeness (QED) is 0.364. The molecule has 0 spiro atoms. The number of methoxy groups -OCH3 is 1. The first kappa shape index (κ1) is 15.1. The van der Waals surface area contributed by atoms with Crippen molar-refractivity contribution in [3.63, 3.8) is 0 Å². The monoisotopic (exact) mass is 292 g/mol. The maximum atomic E-state index is 11.0. The van der Waals surface area contributed by atoms with Gasteiger partial charge in [0.1, 0.15) is 0 Å². The number of esters is 1. The van der Waals surface area contributed by atoms with Crippen molar-refractivity contribution in [2.45, 2.75) is 0 Å². The van der Waals surface area contributed by atoms with E-state index in [9.17, 15) is 4.79 Å². The molecule has 0 unspecified atom stereocenters. The molecule has 1 rings (SSSR count). The normalized spacial score (nSPS) is 7.77. The molecule has 0 aromatic heterocycles. The van der Waals surface area contributed by atoms with E-state index in [2.05, 4.69) is 11.7 Å². The minimum absolute atomic E-state index is 0. The van der Waals surface area contributed by atoms with E-state index < -0.39 is 0 Å². The molecule has 0 N–H and O–H groups in total. The number of hydrogen-bond acceptors (Lipinski definition) is 2. The van der Waals surface area contributed by atoms with Gasteiger partial charge < -0.3 is 21.7 Å². The van der Waals surface area contributed by atoms with E-state index in [0.29, 0.717) is 11.1 Å². The Kier molecular flexibility index (Phi) is 8.28. The van der Waals surface area contributed by atoms with Crippen LogP contribution in [0.25, 0.3) is 0 Å². The number of hydrogen-bond donors (Lipinski definition) is 0. The molecule has 0 radical (unpaired) electrons. The second-order valence-corrected chi connectivity index (χ2v) is 2.15. The first-order chi connectivity index (χ1) is 5.25. The van der Waals surface area contributed by atoms with Gasteiger partial charge in [0.25, 0.3) is 5.97 Å². The van der Waals surface area contributed by atoms with Crippen LogP contribution >= 0.6 is 0 Å². The fourth-order valence-corrected chi connectivity index (χ4v) is 0.829. The summed E-state index contributed by atoms with van der Waals surface area (Å²) < 4.78 is 4.54. The molecule has 66 valence electrons. The summed E-state index contributed by atoms with van der Waals surface area (Å²) in [5.74, 6) is -0.337. The average Bonchev–Trinajstić information content (AvgIpc) is 2.04. The van der Waals surface area contributed by atoms with Gasteiger partial charge in [0.15, 0.2) is 0 Å². The predicted octanol–water partition coefficient (Wildman–Crippen LogP) is -1.34. The van der Waals surface area contributed by atoms with Gasteiger partial charge in [0.2, 0.25) is 0 Å². The summed E-state index contributed by atoms with van der Waals surface area (Å²) in [6.45, 7) is 3.69. The van der Waals surface area contributed by atoms with Crippen LogP contribution in [0.3, 0.4) is 0 Å². The molecule has 13 heavy (non-hydrogen) atoms. The van der Waals surface area contributed by atoms with Crippen LogP contribution in [0.2, 0.25) is 0 Å². The summed E-state index contributed by atoms with van der Waals surface area (Å²) in [5.41, 5.74) is 1.22. The molecular formula is C9H9BrO2Zn. The molecule has 0 atom stereocenters. The van der Waals surface area contributed by atoms with Crippen molar-refractivity contribution in [1.29, 1.82) is 0 Å². The third kappa shape index (κ3) is 3.92. The van der Waals surface area contributed by atoms with Gasteiger partial charge in [-0.25, -0.2) is 0 Å². The molecule has 1 aromatic rings. The van der Waals surface area contributed by atoms with Crippen molar-refractivity contribution >= 4 is 5.97 Å². The van der Waals surface area contributed by atoms with E-state index in [1.54, 1.807) is 18.2 Å². The van der Waals surface area contributed by atoms with Crippen LogP contribution < -0.4 is 17.0 Å². The van der Waals surface area contributed by atoms with Crippen LogP contribution in [0.4, 0.5) is 0 Å². The summed E-state index contributed by atoms with van der Waals surface area (Å²) in [6, 6.07) is 7.07. The molecular weight excluding hydrogens is 285 g/mol. The van der Waals surface area contributed by atoms with E-state index in [1.165, 1.54) is 7.11 Å². The first-order valence-electron chi connectivity index (χ1n) is 3.25. The largest absolute Gasteiger partial charge is 2.00 e. The second-order valence-electron chi connectivity index (χ2n) is 2.15. The van der Waals surface area contributed by atoms with Crippen molar-refractivity contribution in [2.75, 3.05) is 7.11 Å². The van der Waals surface area contributed by atoms with Crippen LogP contribution in [0.1, 0.15) is 15.9 Å². The Morgan fingerprint density at radius 3 is 2.38 bits per heavy atom. The third-order valence-electron chi connectivity index (χ3n) is 1.42. The smallest absolute Gasteiger partial charge is 1.00 e. The number of halogens is 1. The summed E-state index contributed by atoms with van der Waals surface area (Å²) in [6.07, 6.45) is 0. The van der Waals surface area contributed by atoms with E-state index >= 15 is 0 Å². The molecule has 1 aromatic carbocycles. The van der Waals surface area contributed by atoms with Gasteiger partial charge in [-0.3, -0.25) is 4.79 Å². The van der Waals surface area contributed by atoms with Gasteiger partial charge in [-0.15, -0.1) is 12.1 Å². The zero-order chi connectivity index (χ0) is 8.27. The zero-order valence-corrected chi connectivity index (χ0v) is 12.0. The number of carbonyl (C=O) groups is 1. The number of carbonyl (C=O) groups excluding carboxylic acids is 1. The molecule has 0 fully saturated rings. The minimum Gasteiger partial charge on any atom is -1.00 e. The van der Waals surface area contributed by atoms with Crippen molar-refractivity contribution in [2.24, 2.45) is 0 Å². The molecule has 0 amide bonds. The van der Waals surface area contributed by atoms with E-state index in [1.807, 2.05) is 6.07 Å². The Labute approximate surface area is 101 Å². The summed E-state index contributed by atoms with van der Waals surface area (Å²) in [4.78, 5) is 11.0. The van der Waals surface area contributed by atoms with Gasteiger partial charge in [-0.2, -0.15) is 18.6 Å². The molecule has 0 bridgehead atoms. The van der Waals surface area contributed by atoms with E-state index in [0.717, 1.165) is 0 Å². The van der Waals surface area contributed by atoms with Gasteiger partial charge in [0.05, 0.1) is 7.11 Å². The Bertz CT molecular complexity index is 276. The fourth-order valence-electron chi connectivity index (χ4n) is 0.829. The standard InChI is InChI=1S/C9H9O2.BrH.Zn/c1-7-5-3-4-6-8(7)9(10)11-2;;/h3-6H,1H2,2H3;1H;/q-1;;+2/p-1. The topological polar surface area (TPSA) is 26.3 Å². The number of rotatable bonds is 1. The zero-order valence-electron chi connectivity index (χ0n) is 7.42. The minimum atomic E-state index is -0.337. The first-order valence-corrected chi connectivity index (χ1v) is 3.25. The van der Waals surface area contributed by atoms with Gasteiger partial charge >= 0.3 is 19.5 Å². The summed E-state index contributed by atoms with van der Waals surface area (Å²) in [7, 11) is 1.36. The van der Waals surface area contributed by atoms with Crippen molar-refractivity contribution in [3.8, 4) is 0 Å². The van der Waals surface area contributed by atoms with E-state index in [4.69, 9.17) is 0 Å². The molecule has 2 nitrogen and oxygen atoms in total.